The van der Waals surface area contributed by atoms with Crippen molar-refractivity contribution >= 4 is 23.3 Å². The molecular formula is C12H12N4O3. The van der Waals surface area contributed by atoms with Crippen molar-refractivity contribution in [1.82, 2.24) is 14.7 Å². The number of carbonyl (C=O) groups excluding carboxylic acids is 1. The van der Waals surface area contributed by atoms with Gasteiger partial charge in [0, 0.05) is 19.3 Å². The molecule has 3 rings (SSSR count). The highest BCUT2D eigenvalue weighted by molar-refractivity contribution is 5.94. The number of anilines is 1. The Kier molecular flexibility index (Phi) is 2.59. The molecule has 0 unspecified atom stereocenters. The van der Waals surface area contributed by atoms with Gasteiger partial charge in [-0.05, 0) is 12.1 Å². The highest BCUT2D eigenvalue weighted by Crippen LogP contribution is 2.22. The Hall–Kier alpha value is -2.57. The van der Waals surface area contributed by atoms with Crippen LogP contribution in [-0.2, 0) is 4.79 Å². The Labute approximate surface area is 108 Å². The summed E-state index contributed by atoms with van der Waals surface area (Å²) in [5, 5.41) is 12.1. The first-order chi connectivity index (χ1) is 9.16. The Bertz CT molecular complexity index is 664. The van der Waals surface area contributed by atoms with Crippen molar-refractivity contribution in [3.8, 4) is 0 Å². The van der Waals surface area contributed by atoms with E-state index in [1.54, 1.807) is 29.3 Å². The Morgan fingerprint density at radius 2 is 2.26 bits per heavy atom. The number of pyridine rings is 1. The van der Waals surface area contributed by atoms with Crippen LogP contribution in [-0.4, -0.2) is 46.0 Å². The zero-order valence-corrected chi connectivity index (χ0v) is 10.0. The van der Waals surface area contributed by atoms with Crippen molar-refractivity contribution in [3.63, 3.8) is 0 Å². The predicted molar refractivity (Wildman–Crippen MR) is 67.4 cm³/mol. The minimum atomic E-state index is -1.06. The summed E-state index contributed by atoms with van der Waals surface area (Å²) in [4.78, 5) is 28.9. The molecule has 1 aliphatic rings. The molecule has 2 N–H and O–H groups in total. The minimum Gasteiger partial charge on any atom is -0.476 e. The van der Waals surface area contributed by atoms with E-state index in [-0.39, 0.29) is 18.1 Å². The van der Waals surface area contributed by atoms with Gasteiger partial charge in [-0.3, -0.25) is 9.20 Å². The maximum absolute atomic E-state index is 11.4. The largest absolute Gasteiger partial charge is 0.476 e. The molecule has 3 heterocycles. The SMILES string of the molecule is O=C1CN(c2nc3ccccn3c2C(=O)O)CCN1. The van der Waals surface area contributed by atoms with Crippen molar-refractivity contribution in [1.29, 1.82) is 0 Å². The maximum atomic E-state index is 11.4. The lowest BCUT2D eigenvalue weighted by molar-refractivity contribution is -0.120. The van der Waals surface area contributed by atoms with Gasteiger partial charge in [0.2, 0.25) is 5.91 Å². The van der Waals surface area contributed by atoms with Crippen molar-refractivity contribution < 1.29 is 14.7 Å². The standard InChI is InChI=1S/C12H12N4O3/c17-9-7-15(6-4-13-9)11-10(12(18)19)16-5-2-1-3-8(16)14-11/h1-3,5H,4,6-7H2,(H,13,17)(H,18,19). The number of aromatic carboxylic acids is 1. The molecule has 0 aromatic carbocycles. The fourth-order valence-electron chi connectivity index (χ4n) is 2.22. The van der Waals surface area contributed by atoms with Crippen LogP contribution >= 0.6 is 0 Å². The Balaban J connectivity index is 2.14. The molecular weight excluding hydrogens is 248 g/mol. The molecule has 2 aromatic heterocycles. The highest BCUT2D eigenvalue weighted by Gasteiger charge is 2.26. The van der Waals surface area contributed by atoms with E-state index in [0.717, 1.165) is 0 Å². The summed E-state index contributed by atoms with van der Waals surface area (Å²) in [5.74, 6) is -0.840. The van der Waals surface area contributed by atoms with E-state index in [2.05, 4.69) is 10.3 Å². The molecule has 0 saturated carbocycles. The van der Waals surface area contributed by atoms with Crippen molar-refractivity contribution in [3.05, 3.63) is 30.1 Å². The number of aromatic nitrogens is 2. The van der Waals surface area contributed by atoms with E-state index < -0.39 is 5.97 Å². The van der Waals surface area contributed by atoms with Crippen molar-refractivity contribution in [2.45, 2.75) is 0 Å². The number of carbonyl (C=O) groups is 2. The molecule has 7 nitrogen and oxygen atoms in total. The Morgan fingerprint density at radius 3 is 3.00 bits per heavy atom. The van der Waals surface area contributed by atoms with Crippen LogP contribution in [0, 0.1) is 0 Å². The third kappa shape index (κ3) is 1.88. The third-order valence-electron chi connectivity index (χ3n) is 3.05. The zero-order valence-electron chi connectivity index (χ0n) is 10.0. The van der Waals surface area contributed by atoms with Crippen LogP contribution in [0.15, 0.2) is 24.4 Å². The van der Waals surface area contributed by atoms with Crippen molar-refractivity contribution in [2.75, 3.05) is 24.5 Å². The molecule has 0 spiro atoms. The van der Waals surface area contributed by atoms with Crippen LogP contribution in [0.2, 0.25) is 0 Å². The van der Waals surface area contributed by atoms with E-state index in [0.29, 0.717) is 24.6 Å². The third-order valence-corrected chi connectivity index (χ3v) is 3.05. The van der Waals surface area contributed by atoms with E-state index in [1.807, 2.05) is 0 Å². The summed E-state index contributed by atoms with van der Waals surface area (Å²) in [6.45, 7) is 1.17. The van der Waals surface area contributed by atoms with Gasteiger partial charge in [-0.15, -0.1) is 0 Å². The van der Waals surface area contributed by atoms with E-state index in [9.17, 15) is 14.7 Å². The quantitative estimate of drug-likeness (QED) is 0.791. The number of carboxylic acid groups (broad SMARTS) is 1. The van der Waals surface area contributed by atoms with E-state index in [1.165, 1.54) is 4.40 Å². The van der Waals surface area contributed by atoms with Crippen LogP contribution in [0.4, 0.5) is 5.82 Å². The van der Waals surface area contributed by atoms with Crippen molar-refractivity contribution in [2.24, 2.45) is 0 Å². The van der Waals surface area contributed by atoms with Gasteiger partial charge in [-0.2, -0.15) is 0 Å². The lowest BCUT2D eigenvalue weighted by atomic mass is 10.3. The summed E-state index contributed by atoms with van der Waals surface area (Å²) < 4.78 is 1.52. The number of carboxylic acids is 1. The molecule has 2 aromatic rings. The lowest BCUT2D eigenvalue weighted by Gasteiger charge is -2.26. The number of nitrogens with zero attached hydrogens (tertiary/aromatic N) is 3. The maximum Gasteiger partial charge on any atom is 0.356 e. The Morgan fingerprint density at radius 1 is 1.42 bits per heavy atom. The summed E-state index contributed by atoms with van der Waals surface area (Å²) in [6.07, 6.45) is 1.65. The lowest BCUT2D eigenvalue weighted by Crippen LogP contribution is -2.48. The number of rotatable bonds is 2. The summed E-state index contributed by atoms with van der Waals surface area (Å²) in [6, 6.07) is 5.27. The van der Waals surface area contributed by atoms with Gasteiger partial charge in [0.25, 0.3) is 0 Å². The normalized spacial score (nSPS) is 15.6. The van der Waals surface area contributed by atoms with Gasteiger partial charge in [0.05, 0.1) is 6.54 Å². The first kappa shape index (κ1) is 11.5. The second kappa shape index (κ2) is 4.27. The van der Waals surface area contributed by atoms with Crippen LogP contribution in [0.1, 0.15) is 10.5 Å². The highest BCUT2D eigenvalue weighted by atomic mass is 16.4. The van der Waals surface area contributed by atoms with Gasteiger partial charge in [-0.1, -0.05) is 6.07 Å². The number of imidazole rings is 1. The number of amides is 1. The van der Waals surface area contributed by atoms with Crippen LogP contribution in [0.25, 0.3) is 5.65 Å². The van der Waals surface area contributed by atoms with Gasteiger partial charge in [0.1, 0.15) is 5.65 Å². The molecule has 0 bridgehead atoms. The fourth-order valence-corrected chi connectivity index (χ4v) is 2.22. The molecule has 98 valence electrons. The zero-order chi connectivity index (χ0) is 13.4. The second-order valence-corrected chi connectivity index (χ2v) is 4.29. The smallest absolute Gasteiger partial charge is 0.356 e. The average molecular weight is 260 g/mol. The summed E-state index contributed by atoms with van der Waals surface area (Å²) >= 11 is 0. The molecule has 1 aliphatic heterocycles. The monoisotopic (exact) mass is 260 g/mol. The van der Waals surface area contributed by atoms with Gasteiger partial charge >= 0.3 is 5.97 Å². The number of hydrogen-bond acceptors (Lipinski definition) is 4. The molecule has 1 fully saturated rings. The van der Waals surface area contributed by atoms with Crippen LogP contribution in [0.3, 0.4) is 0 Å². The molecule has 19 heavy (non-hydrogen) atoms. The number of hydrogen-bond donors (Lipinski definition) is 2. The first-order valence-corrected chi connectivity index (χ1v) is 5.89. The predicted octanol–water partition coefficient (Wildman–Crippen LogP) is -0.0313. The molecule has 0 radical (unpaired) electrons. The van der Waals surface area contributed by atoms with Gasteiger partial charge in [0.15, 0.2) is 11.5 Å². The number of fused-ring (bicyclic) bond motifs is 1. The molecule has 7 heteroatoms. The van der Waals surface area contributed by atoms with Crippen LogP contribution < -0.4 is 10.2 Å². The fraction of sp³-hybridized carbons (Fsp3) is 0.250. The first-order valence-electron chi connectivity index (χ1n) is 5.89. The molecule has 1 amide bonds. The van der Waals surface area contributed by atoms with Crippen LogP contribution in [0.5, 0.6) is 0 Å². The van der Waals surface area contributed by atoms with E-state index >= 15 is 0 Å². The summed E-state index contributed by atoms with van der Waals surface area (Å²) in [7, 11) is 0. The minimum absolute atomic E-state index is 0.0882. The molecule has 0 aliphatic carbocycles. The number of piperazine rings is 1. The molecule has 1 saturated heterocycles. The second-order valence-electron chi connectivity index (χ2n) is 4.29. The van der Waals surface area contributed by atoms with Gasteiger partial charge < -0.3 is 15.3 Å². The van der Waals surface area contributed by atoms with Gasteiger partial charge in [-0.25, -0.2) is 9.78 Å². The number of nitrogens with one attached hydrogen (secondary N) is 1. The summed E-state index contributed by atoms with van der Waals surface area (Å²) in [5.41, 5.74) is 0.645. The topological polar surface area (TPSA) is 86.9 Å². The van der Waals surface area contributed by atoms with E-state index in [4.69, 9.17) is 0 Å². The molecule has 0 atom stereocenters. The average Bonchev–Trinajstić information content (AvgIpc) is 2.78.